The van der Waals surface area contributed by atoms with E-state index in [1.165, 1.54) is 6.42 Å². The Balaban J connectivity index is 1.90. The van der Waals surface area contributed by atoms with Crippen LogP contribution in [0, 0.1) is 0 Å². The second kappa shape index (κ2) is 7.84. The van der Waals surface area contributed by atoms with Crippen LogP contribution in [0.15, 0.2) is 0 Å². The fourth-order valence-electron chi connectivity index (χ4n) is 2.10. The molecule has 0 aromatic carbocycles. The van der Waals surface area contributed by atoms with Crippen molar-refractivity contribution in [3.05, 3.63) is 0 Å². The molecular weight excluding hydrogens is 258 g/mol. The van der Waals surface area contributed by atoms with E-state index in [2.05, 4.69) is 26.8 Å². The van der Waals surface area contributed by atoms with Crippen LogP contribution < -0.4 is 15.4 Å². The lowest BCUT2D eigenvalue weighted by molar-refractivity contribution is 0.0972. The second-order valence-electron chi connectivity index (χ2n) is 4.78. The van der Waals surface area contributed by atoms with Crippen LogP contribution in [0.1, 0.15) is 32.6 Å². The number of rotatable bonds is 7. The van der Waals surface area contributed by atoms with E-state index in [4.69, 9.17) is 15.2 Å². The molecule has 1 aromatic heterocycles. The van der Waals surface area contributed by atoms with Gasteiger partial charge in [-0.1, -0.05) is 6.92 Å². The molecule has 0 amide bonds. The lowest BCUT2D eigenvalue weighted by atomic mass is 10.1. The highest BCUT2D eigenvalue weighted by molar-refractivity contribution is 5.36. The second-order valence-corrected chi connectivity index (χ2v) is 4.78. The summed E-state index contributed by atoms with van der Waals surface area (Å²) in [4.78, 5) is 14.6. The third kappa shape index (κ3) is 4.48. The standard InChI is InChI=1S/C13H23N5O2/c1-2-8-19-9-10-20-13-16-11(14)15-12(17-13)18-6-4-3-5-7-18/h2-10H2,1H3,(H2,14,15,16,17). The Morgan fingerprint density at radius 1 is 1.05 bits per heavy atom. The van der Waals surface area contributed by atoms with Crippen LogP contribution in [-0.4, -0.2) is 47.9 Å². The molecule has 0 radical (unpaired) electrons. The Morgan fingerprint density at radius 2 is 1.85 bits per heavy atom. The highest BCUT2D eigenvalue weighted by Gasteiger charge is 2.15. The van der Waals surface area contributed by atoms with Crippen LogP contribution in [0.2, 0.25) is 0 Å². The molecule has 7 nitrogen and oxygen atoms in total. The zero-order valence-electron chi connectivity index (χ0n) is 12.0. The van der Waals surface area contributed by atoms with Gasteiger partial charge in [0, 0.05) is 19.7 Å². The van der Waals surface area contributed by atoms with Crippen molar-refractivity contribution in [1.29, 1.82) is 0 Å². The summed E-state index contributed by atoms with van der Waals surface area (Å²) >= 11 is 0. The van der Waals surface area contributed by atoms with Gasteiger partial charge in [0.05, 0.1) is 6.61 Å². The van der Waals surface area contributed by atoms with Gasteiger partial charge in [0.25, 0.3) is 0 Å². The Labute approximate surface area is 119 Å². The molecule has 0 unspecified atom stereocenters. The number of nitrogens with two attached hydrogens (primary N) is 1. The van der Waals surface area contributed by atoms with Gasteiger partial charge in [-0.25, -0.2) is 0 Å². The number of nitrogen functional groups attached to an aromatic ring is 1. The number of anilines is 2. The quantitative estimate of drug-likeness (QED) is 0.753. The molecule has 7 heteroatoms. The van der Waals surface area contributed by atoms with Crippen molar-refractivity contribution in [2.75, 3.05) is 43.5 Å². The summed E-state index contributed by atoms with van der Waals surface area (Å²) in [5, 5.41) is 0. The number of nitrogens with zero attached hydrogens (tertiary/aromatic N) is 4. The zero-order chi connectivity index (χ0) is 14.2. The van der Waals surface area contributed by atoms with E-state index in [1.54, 1.807) is 0 Å². The molecule has 0 spiro atoms. The van der Waals surface area contributed by atoms with Gasteiger partial charge in [0.2, 0.25) is 11.9 Å². The maximum Gasteiger partial charge on any atom is 0.323 e. The molecule has 0 atom stereocenters. The van der Waals surface area contributed by atoms with Crippen molar-refractivity contribution in [2.45, 2.75) is 32.6 Å². The number of piperidine rings is 1. The summed E-state index contributed by atoms with van der Waals surface area (Å²) in [5.41, 5.74) is 5.72. The first-order valence-electron chi connectivity index (χ1n) is 7.26. The van der Waals surface area contributed by atoms with Gasteiger partial charge in [-0.2, -0.15) is 15.0 Å². The third-order valence-electron chi connectivity index (χ3n) is 3.07. The van der Waals surface area contributed by atoms with Gasteiger partial charge in [0.1, 0.15) is 6.61 Å². The Bertz CT molecular complexity index is 410. The van der Waals surface area contributed by atoms with Crippen molar-refractivity contribution < 1.29 is 9.47 Å². The van der Waals surface area contributed by atoms with Crippen LogP contribution in [0.4, 0.5) is 11.9 Å². The van der Waals surface area contributed by atoms with Crippen LogP contribution in [-0.2, 0) is 4.74 Å². The highest BCUT2D eigenvalue weighted by atomic mass is 16.5. The minimum Gasteiger partial charge on any atom is -0.461 e. The number of aromatic nitrogens is 3. The molecule has 0 bridgehead atoms. The predicted molar refractivity (Wildman–Crippen MR) is 76.9 cm³/mol. The molecule has 1 fully saturated rings. The Morgan fingerprint density at radius 3 is 2.60 bits per heavy atom. The van der Waals surface area contributed by atoms with Gasteiger partial charge in [-0.05, 0) is 25.7 Å². The van der Waals surface area contributed by atoms with E-state index in [0.717, 1.165) is 39.0 Å². The Kier molecular flexibility index (Phi) is 5.79. The molecule has 0 aliphatic carbocycles. The van der Waals surface area contributed by atoms with Gasteiger partial charge < -0.3 is 20.1 Å². The fourth-order valence-corrected chi connectivity index (χ4v) is 2.10. The largest absolute Gasteiger partial charge is 0.461 e. The van der Waals surface area contributed by atoms with Crippen LogP contribution >= 0.6 is 0 Å². The minimum atomic E-state index is 0.199. The van der Waals surface area contributed by atoms with Gasteiger partial charge in [-0.3, -0.25) is 0 Å². The fraction of sp³-hybridized carbons (Fsp3) is 0.769. The summed E-state index contributed by atoms with van der Waals surface area (Å²) < 4.78 is 10.8. The number of hydrogen-bond donors (Lipinski definition) is 1. The van der Waals surface area contributed by atoms with E-state index in [1.807, 2.05) is 0 Å². The lowest BCUT2D eigenvalue weighted by Gasteiger charge is -2.26. The number of ether oxygens (including phenoxy) is 2. The average Bonchev–Trinajstić information content (AvgIpc) is 2.47. The van der Waals surface area contributed by atoms with Gasteiger partial charge in [-0.15, -0.1) is 0 Å². The summed E-state index contributed by atoms with van der Waals surface area (Å²) in [6, 6.07) is 0.276. The topological polar surface area (TPSA) is 86.4 Å². The van der Waals surface area contributed by atoms with Crippen LogP contribution in [0.25, 0.3) is 0 Å². The average molecular weight is 281 g/mol. The Hall–Kier alpha value is -1.63. The zero-order valence-corrected chi connectivity index (χ0v) is 12.0. The van der Waals surface area contributed by atoms with Crippen molar-refractivity contribution in [2.24, 2.45) is 0 Å². The first kappa shape index (κ1) is 14.8. The van der Waals surface area contributed by atoms with Crippen molar-refractivity contribution >= 4 is 11.9 Å². The SMILES string of the molecule is CCCOCCOc1nc(N)nc(N2CCCCC2)n1. The van der Waals surface area contributed by atoms with Crippen LogP contribution in [0.5, 0.6) is 6.01 Å². The molecular formula is C13H23N5O2. The molecule has 20 heavy (non-hydrogen) atoms. The molecule has 1 aromatic rings. The molecule has 112 valence electrons. The molecule has 1 saturated heterocycles. The molecule has 0 saturated carbocycles. The first-order valence-corrected chi connectivity index (χ1v) is 7.26. The highest BCUT2D eigenvalue weighted by Crippen LogP contribution is 2.18. The minimum absolute atomic E-state index is 0.199. The van der Waals surface area contributed by atoms with E-state index >= 15 is 0 Å². The smallest absolute Gasteiger partial charge is 0.323 e. The molecule has 1 aliphatic heterocycles. The molecule has 2 rings (SSSR count). The van der Waals surface area contributed by atoms with E-state index in [9.17, 15) is 0 Å². The molecule has 2 N–H and O–H groups in total. The third-order valence-corrected chi connectivity index (χ3v) is 3.07. The summed E-state index contributed by atoms with van der Waals surface area (Å²) in [6.07, 6.45) is 4.58. The maximum atomic E-state index is 5.72. The predicted octanol–water partition coefficient (Wildman–Crippen LogP) is 1.25. The van der Waals surface area contributed by atoms with Crippen molar-refractivity contribution in [3.63, 3.8) is 0 Å². The van der Waals surface area contributed by atoms with Gasteiger partial charge >= 0.3 is 6.01 Å². The van der Waals surface area contributed by atoms with E-state index in [-0.39, 0.29) is 12.0 Å². The van der Waals surface area contributed by atoms with E-state index in [0.29, 0.717) is 19.2 Å². The summed E-state index contributed by atoms with van der Waals surface area (Å²) in [5.74, 6) is 0.812. The van der Waals surface area contributed by atoms with Crippen molar-refractivity contribution in [3.8, 4) is 6.01 Å². The monoisotopic (exact) mass is 281 g/mol. The van der Waals surface area contributed by atoms with E-state index < -0.39 is 0 Å². The molecule has 1 aliphatic rings. The van der Waals surface area contributed by atoms with Gasteiger partial charge in [0.15, 0.2) is 0 Å². The van der Waals surface area contributed by atoms with Crippen LogP contribution in [0.3, 0.4) is 0 Å². The van der Waals surface area contributed by atoms with Crippen molar-refractivity contribution in [1.82, 2.24) is 15.0 Å². The first-order chi connectivity index (χ1) is 9.79. The summed E-state index contributed by atoms with van der Waals surface area (Å²) in [6.45, 7) is 5.67. The normalized spacial score (nSPS) is 15.3. The summed E-state index contributed by atoms with van der Waals surface area (Å²) in [7, 11) is 0. The molecule has 2 heterocycles. The maximum absolute atomic E-state index is 5.72. The number of hydrogen-bond acceptors (Lipinski definition) is 7. The lowest BCUT2D eigenvalue weighted by Crippen LogP contribution is -2.31.